The van der Waals surface area contributed by atoms with Gasteiger partial charge >= 0.3 is 0 Å². The molecule has 2 aliphatic heterocycles. The van der Waals surface area contributed by atoms with E-state index < -0.39 is 0 Å². The molecule has 3 aliphatic rings. The first-order valence-electron chi connectivity index (χ1n) is 10.7. The van der Waals surface area contributed by atoms with Crippen LogP contribution in [0.15, 0.2) is 48.5 Å². The van der Waals surface area contributed by atoms with Gasteiger partial charge in [0, 0.05) is 23.2 Å². The molecule has 0 amide bonds. The van der Waals surface area contributed by atoms with Crippen molar-refractivity contribution >= 4 is 0 Å². The number of fused-ring (bicyclic) bond motifs is 2. The molecule has 0 spiro atoms. The zero-order valence-corrected chi connectivity index (χ0v) is 16.1. The maximum atomic E-state index is 6.14. The number of likely N-dealkylation sites (tertiary alicyclic amines) is 1. The number of ether oxygens (including phenoxy) is 1. The van der Waals surface area contributed by atoms with Crippen LogP contribution in [0.5, 0.6) is 11.5 Å². The van der Waals surface area contributed by atoms with Crippen LogP contribution in [0, 0.1) is 0 Å². The molecule has 5 rings (SSSR count). The van der Waals surface area contributed by atoms with E-state index in [-0.39, 0.29) is 6.04 Å². The topological polar surface area (TPSA) is 24.5 Å². The van der Waals surface area contributed by atoms with Crippen molar-refractivity contribution < 1.29 is 4.74 Å². The average Bonchev–Trinajstić information content (AvgIpc) is 2.75. The Hall–Kier alpha value is -1.84. The summed E-state index contributed by atoms with van der Waals surface area (Å²) in [6, 6.07) is 18.6. The average molecular weight is 363 g/mol. The quantitative estimate of drug-likeness (QED) is 0.805. The zero-order chi connectivity index (χ0) is 18.1. The molecule has 3 nitrogen and oxygen atoms in total. The van der Waals surface area contributed by atoms with Crippen LogP contribution < -0.4 is 10.1 Å². The second-order valence-electron chi connectivity index (χ2n) is 8.38. The van der Waals surface area contributed by atoms with Crippen molar-refractivity contribution in [3.05, 3.63) is 59.7 Å². The third kappa shape index (κ3) is 3.51. The van der Waals surface area contributed by atoms with Gasteiger partial charge < -0.3 is 15.0 Å². The lowest BCUT2D eigenvalue weighted by molar-refractivity contribution is 0.113. The second kappa shape index (κ2) is 7.65. The van der Waals surface area contributed by atoms with Gasteiger partial charge in [0.15, 0.2) is 0 Å². The summed E-state index contributed by atoms with van der Waals surface area (Å²) in [5.41, 5.74) is 2.54. The highest BCUT2D eigenvalue weighted by Crippen LogP contribution is 2.43. The van der Waals surface area contributed by atoms with Gasteiger partial charge in [-0.15, -0.1) is 0 Å². The fraction of sp³-hybridized carbons (Fsp3) is 0.500. The van der Waals surface area contributed by atoms with Crippen molar-refractivity contribution in [2.75, 3.05) is 13.1 Å². The first-order chi connectivity index (χ1) is 13.4. The Morgan fingerprint density at radius 3 is 1.96 bits per heavy atom. The van der Waals surface area contributed by atoms with E-state index in [2.05, 4.69) is 58.7 Å². The number of benzene rings is 2. The fourth-order valence-electron chi connectivity index (χ4n) is 5.20. The molecule has 1 saturated heterocycles. The van der Waals surface area contributed by atoms with Gasteiger partial charge in [-0.2, -0.15) is 0 Å². The Morgan fingerprint density at radius 2 is 1.33 bits per heavy atom. The smallest absolute Gasteiger partial charge is 0.132 e. The molecule has 27 heavy (non-hydrogen) atoms. The van der Waals surface area contributed by atoms with Crippen molar-refractivity contribution in [2.24, 2.45) is 0 Å². The highest BCUT2D eigenvalue weighted by atomic mass is 16.5. The molecular weight excluding hydrogens is 332 g/mol. The van der Waals surface area contributed by atoms with Gasteiger partial charge in [-0.05, 0) is 50.9 Å². The predicted molar refractivity (Wildman–Crippen MR) is 109 cm³/mol. The predicted octanol–water partition coefficient (Wildman–Crippen LogP) is 5.27. The summed E-state index contributed by atoms with van der Waals surface area (Å²) in [6.07, 6.45) is 9.63. The van der Waals surface area contributed by atoms with E-state index >= 15 is 0 Å². The monoisotopic (exact) mass is 362 g/mol. The van der Waals surface area contributed by atoms with E-state index in [0.717, 1.165) is 17.5 Å². The maximum Gasteiger partial charge on any atom is 0.132 e. The third-order valence-electron chi connectivity index (χ3n) is 6.70. The molecule has 1 saturated carbocycles. The van der Waals surface area contributed by atoms with Gasteiger partial charge in [0.05, 0.1) is 6.04 Å². The van der Waals surface area contributed by atoms with Gasteiger partial charge in [-0.1, -0.05) is 55.7 Å². The summed E-state index contributed by atoms with van der Waals surface area (Å²) >= 11 is 0. The van der Waals surface area contributed by atoms with Crippen molar-refractivity contribution in [3.63, 3.8) is 0 Å². The lowest BCUT2D eigenvalue weighted by atomic mass is 9.90. The van der Waals surface area contributed by atoms with E-state index in [1.165, 1.54) is 69.2 Å². The van der Waals surface area contributed by atoms with Crippen LogP contribution in [-0.2, 0) is 0 Å². The van der Waals surface area contributed by atoms with Gasteiger partial charge in [-0.3, -0.25) is 0 Å². The van der Waals surface area contributed by atoms with E-state index in [9.17, 15) is 0 Å². The number of nitrogens with zero attached hydrogens (tertiary/aromatic N) is 1. The molecule has 0 atom stereocenters. The molecule has 2 aromatic carbocycles. The van der Waals surface area contributed by atoms with Crippen LogP contribution in [0.4, 0.5) is 0 Å². The van der Waals surface area contributed by atoms with Crippen LogP contribution in [0.2, 0.25) is 0 Å². The molecule has 2 aromatic rings. The molecule has 2 heterocycles. The van der Waals surface area contributed by atoms with Crippen LogP contribution in [0.25, 0.3) is 0 Å². The standard InChI is InChI=1S/C24H30N2O/c1-2-8-19(9-3-1)26-16-14-18(15-17-26)25-24-20-10-4-6-12-22(20)27-23-13-7-5-11-21(23)24/h4-7,10-13,18-19,24-25H,1-3,8-9,14-17H2. The summed E-state index contributed by atoms with van der Waals surface area (Å²) in [5.74, 6) is 1.99. The van der Waals surface area contributed by atoms with Crippen molar-refractivity contribution in [3.8, 4) is 11.5 Å². The Bertz CT molecular complexity index is 730. The zero-order valence-electron chi connectivity index (χ0n) is 16.1. The van der Waals surface area contributed by atoms with Crippen LogP contribution in [0.1, 0.15) is 62.1 Å². The summed E-state index contributed by atoms with van der Waals surface area (Å²) in [5, 5.41) is 3.99. The third-order valence-corrected chi connectivity index (χ3v) is 6.70. The number of rotatable bonds is 3. The molecular formula is C24H30N2O. The van der Waals surface area contributed by atoms with Crippen LogP contribution in [0.3, 0.4) is 0 Å². The summed E-state index contributed by atoms with van der Waals surface area (Å²) < 4.78 is 6.14. The van der Waals surface area contributed by atoms with Gasteiger partial charge in [0.25, 0.3) is 0 Å². The number of nitrogens with one attached hydrogen (secondary N) is 1. The first-order valence-corrected chi connectivity index (χ1v) is 10.7. The molecule has 2 fully saturated rings. The normalized spacial score (nSPS) is 22.1. The number of hydrogen-bond acceptors (Lipinski definition) is 3. The highest BCUT2D eigenvalue weighted by Gasteiger charge is 2.31. The SMILES string of the molecule is c1ccc2c(c1)Oc1ccccc1C2NC1CCN(C2CCCCC2)CC1. The first kappa shape index (κ1) is 17.3. The summed E-state index contributed by atoms with van der Waals surface area (Å²) in [6.45, 7) is 2.49. The van der Waals surface area contributed by atoms with E-state index in [1.54, 1.807) is 0 Å². The molecule has 1 aliphatic carbocycles. The van der Waals surface area contributed by atoms with Crippen LogP contribution >= 0.6 is 0 Å². The molecule has 1 N–H and O–H groups in total. The molecule has 0 unspecified atom stereocenters. The van der Waals surface area contributed by atoms with Gasteiger partial charge in [-0.25, -0.2) is 0 Å². The molecule has 3 heteroatoms. The number of para-hydroxylation sites is 2. The van der Waals surface area contributed by atoms with E-state index in [4.69, 9.17) is 4.74 Å². The van der Waals surface area contributed by atoms with Crippen LogP contribution in [-0.4, -0.2) is 30.1 Å². The fourth-order valence-corrected chi connectivity index (χ4v) is 5.20. The Labute approximate surface area is 162 Å². The molecule has 0 bridgehead atoms. The molecule has 0 radical (unpaired) electrons. The highest BCUT2D eigenvalue weighted by molar-refractivity contribution is 5.52. The summed E-state index contributed by atoms with van der Waals surface area (Å²) in [7, 11) is 0. The second-order valence-corrected chi connectivity index (χ2v) is 8.38. The maximum absolute atomic E-state index is 6.14. The minimum atomic E-state index is 0.234. The van der Waals surface area contributed by atoms with Gasteiger partial charge in [0.1, 0.15) is 11.5 Å². The lowest BCUT2D eigenvalue weighted by Gasteiger charge is -2.41. The minimum absolute atomic E-state index is 0.234. The van der Waals surface area contributed by atoms with Crippen molar-refractivity contribution in [1.82, 2.24) is 10.2 Å². The van der Waals surface area contributed by atoms with Crippen molar-refractivity contribution in [1.29, 1.82) is 0 Å². The van der Waals surface area contributed by atoms with E-state index in [1.807, 2.05) is 0 Å². The Balaban J connectivity index is 1.30. The number of hydrogen-bond donors (Lipinski definition) is 1. The lowest BCUT2D eigenvalue weighted by Crippen LogP contribution is -2.48. The van der Waals surface area contributed by atoms with Gasteiger partial charge in [0.2, 0.25) is 0 Å². The van der Waals surface area contributed by atoms with E-state index in [0.29, 0.717) is 6.04 Å². The van der Waals surface area contributed by atoms with Crippen molar-refractivity contribution in [2.45, 2.75) is 63.1 Å². The molecule has 142 valence electrons. The summed E-state index contributed by atoms with van der Waals surface area (Å²) in [4.78, 5) is 2.77. The largest absolute Gasteiger partial charge is 0.457 e. The Kier molecular flexibility index (Phi) is 4.89. The minimum Gasteiger partial charge on any atom is -0.457 e. The number of piperidine rings is 1. The Morgan fingerprint density at radius 1 is 0.741 bits per heavy atom. The molecule has 0 aromatic heterocycles.